The molecule has 0 aliphatic carbocycles. The number of benzene rings is 1. The second kappa shape index (κ2) is 8.08. The Balaban J connectivity index is 1.34. The maximum atomic E-state index is 12.5. The number of rotatable bonds is 4. The van der Waals surface area contributed by atoms with E-state index in [0.717, 1.165) is 79.5 Å². The van der Waals surface area contributed by atoms with Crippen molar-refractivity contribution in [2.75, 3.05) is 60.1 Å². The molecule has 3 aliphatic heterocycles. The average molecular weight is 433 g/mol. The summed E-state index contributed by atoms with van der Waals surface area (Å²) in [7, 11) is -1.00. The van der Waals surface area contributed by atoms with Crippen LogP contribution in [0.2, 0.25) is 5.02 Å². The minimum absolute atomic E-state index is 0.334. The molecule has 5 rings (SSSR count). The Bertz CT molecular complexity index is 910. The van der Waals surface area contributed by atoms with Gasteiger partial charge in [-0.2, -0.15) is 4.98 Å². The summed E-state index contributed by atoms with van der Waals surface area (Å²) in [6.45, 7) is 5.45. The van der Waals surface area contributed by atoms with Crippen LogP contribution in [0.5, 0.6) is 0 Å². The van der Waals surface area contributed by atoms with Crippen LogP contribution >= 0.6 is 11.6 Å². The number of piperazine rings is 1. The van der Waals surface area contributed by atoms with Crippen LogP contribution in [0.1, 0.15) is 12.1 Å². The molecule has 2 aromatic rings. The smallest absolute Gasteiger partial charge is 0.227 e. The minimum Gasteiger partial charge on any atom is -0.368 e. The van der Waals surface area contributed by atoms with Crippen LogP contribution in [0.25, 0.3) is 0 Å². The fraction of sp³-hybridized carbons (Fsp3) is 0.500. The molecule has 9 heteroatoms. The molecule has 0 spiro atoms. The van der Waals surface area contributed by atoms with Gasteiger partial charge >= 0.3 is 0 Å². The second-order valence-corrected chi connectivity index (χ2v) is 9.68. The Labute approximate surface area is 178 Å². The number of aryl methyl sites for hydroxylation is 1. The molecule has 154 valence electrons. The number of nitrogens with zero attached hydrogens (tertiary/aromatic N) is 4. The first-order valence-electron chi connectivity index (χ1n) is 10.2. The van der Waals surface area contributed by atoms with Gasteiger partial charge in [-0.25, -0.2) is 4.98 Å². The van der Waals surface area contributed by atoms with Gasteiger partial charge in [-0.05, 0) is 37.2 Å². The Morgan fingerprint density at radius 3 is 2.59 bits per heavy atom. The zero-order valence-electron chi connectivity index (χ0n) is 16.2. The Morgan fingerprint density at radius 1 is 1.10 bits per heavy atom. The Morgan fingerprint density at radius 2 is 1.86 bits per heavy atom. The van der Waals surface area contributed by atoms with Gasteiger partial charge in [0.15, 0.2) is 0 Å². The molecule has 0 amide bonds. The predicted octanol–water partition coefficient (Wildman–Crippen LogP) is 1.89. The van der Waals surface area contributed by atoms with Crippen LogP contribution in [-0.4, -0.2) is 65.2 Å². The SMILES string of the molecule is O=S1CCc2nc(N3CCN(c4ccc(Cl)cc4)CC3)nc(NC3CCNC3)c21. The highest BCUT2D eigenvalue weighted by molar-refractivity contribution is 7.85. The first-order chi connectivity index (χ1) is 14.2. The molecule has 4 heterocycles. The van der Waals surface area contributed by atoms with Gasteiger partial charge < -0.3 is 20.4 Å². The summed E-state index contributed by atoms with van der Waals surface area (Å²) in [5.41, 5.74) is 2.14. The molecule has 7 nitrogen and oxygen atoms in total. The van der Waals surface area contributed by atoms with Gasteiger partial charge in [-0.1, -0.05) is 11.6 Å². The Hall–Kier alpha value is -1.90. The van der Waals surface area contributed by atoms with Gasteiger partial charge in [0.05, 0.1) is 16.5 Å². The lowest BCUT2D eigenvalue weighted by atomic mass is 10.2. The first kappa shape index (κ1) is 19.1. The van der Waals surface area contributed by atoms with E-state index in [1.54, 1.807) is 0 Å². The number of nitrogens with one attached hydrogen (secondary N) is 2. The maximum absolute atomic E-state index is 12.5. The Kier molecular flexibility index (Phi) is 5.32. The van der Waals surface area contributed by atoms with Crippen molar-refractivity contribution in [3.63, 3.8) is 0 Å². The van der Waals surface area contributed by atoms with E-state index in [9.17, 15) is 4.21 Å². The van der Waals surface area contributed by atoms with E-state index in [-0.39, 0.29) is 0 Å². The third-order valence-electron chi connectivity index (χ3n) is 5.83. The van der Waals surface area contributed by atoms with E-state index in [0.29, 0.717) is 11.8 Å². The molecule has 2 saturated heterocycles. The van der Waals surface area contributed by atoms with Crippen molar-refractivity contribution >= 4 is 39.9 Å². The monoisotopic (exact) mass is 432 g/mol. The number of hydrogen-bond donors (Lipinski definition) is 2. The summed E-state index contributed by atoms with van der Waals surface area (Å²) in [5, 5.41) is 7.66. The van der Waals surface area contributed by atoms with Gasteiger partial charge in [0.2, 0.25) is 5.95 Å². The summed E-state index contributed by atoms with van der Waals surface area (Å²) in [6, 6.07) is 8.33. The van der Waals surface area contributed by atoms with Crippen molar-refractivity contribution in [1.82, 2.24) is 15.3 Å². The molecule has 1 aromatic heterocycles. The van der Waals surface area contributed by atoms with E-state index in [1.807, 2.05) is 12.1 Å². The first-order valence-corrected chi connectivity index (χ1v) is 11.9. The second-order valence-electron chi connectivity index (χ2n) is 7.73. The number of halogens is 1. The van der Waals surface area contributed by atoms with Gasteiger partial charge in [-0.3, -0.25) is 4.21 Å². The summed E-state index contributed by atoms with van der Waals surface area (Å²) in [4.78, 5) is 15.1. The van der Waals surface area contributed by atoms with Gasteiger partial charge in [0.25, 0.3) is 0 Å². The van der Waals surface area contributed by atoms with E-state index < -0.39 is 10.8 Å². The van der Waals surface area contributed by atoms with Crippen molar-refractivity contribution in [2.45, 2.75) is 23.8 Å². The molecule has 2 unspecified atom stereocenters. The van der Waals surface area contributed by atoms with Crippen molar-refractivity contribution in [3.05, 3.63) is 35.0 Å². The third-order valence-corrected chi connectivity index (χ3v) is 7.54. The normalized spacial score (nSPS) is 24.0. The van der Waals surface area contributed by atoms with Crippen LogP contribution in [0.15, 0.2) is 29.2 Å². The fourth-order valence-electron chi connectivity index (χ4n) is 4.21. The highest BCUT2D eigenvalue weighted by Crippen LogP contribution is 2.31. The minimum atomic E-state index is -1.00. The molecule has 1 aromatic carbocycles. The van der Waals surface area contributed by atoms with Crippen molar-refractivity contribution in [2.24, 2.45) is 0 Å². The molecule has 2 N–H and O–H groups in total. The lowest BCUT2D eigenvalue weighted by molar-refractivity contribution is 0.637. The highest BCUT2D eigenvalue weighted by atomic mass is 35.5. The zero-order valence-corrected chi connectivity index (χ0v) is 17.8. The van der Waals surface area contributed by atoms with Gasteiger partial charge in [-0.15, -0.1) is 0 Å². The summed E-state index contributed by atoms with van der Waals surface area (Å²) in [6.07, 6.45) is 1.82. The van der Waals surface area contributed by atoms with Crippen molar-refractivity contribution < 1.29 is 4.21 Å². The molecule has 3 aliphatic rings. The van der Waals surface area contributed by atoms with Crippen LogP contribution < -0.4 is 20.4 Å². The van der Waals surface area contributed by atoms with Gasteiger partial charge in [0.1, 0.15) is 10.7 Å². The van der Waals surface area contributed by atoms with Crippen LogP contribution in [0, 0.1) is 0 Å². The van der Waals surface area contributed by atoms with E-state index in [4.69, 9.17) is 21.6 Å². The third kappa shape index (κ3) is 3.93. The van der Waals surface area contributed by atoms with Crippen LogP contribution in [0.3, 0.4) is 0 Å². The molecule has 0 saturated carbocycles. The number of anilines is 3. The lowest BCUT2D eigenvalue weighted by Gasteiger charge is -2.36. The molecular formula is C20H25ClN6OS. The summed E-state index contributed by atoms with van der Waals surface area (Å²) < 4.78 is 12.5. The molecule has 0 bridgehead atoms. The fourth-order valence-corrected chi connectivity index (χ4v) is 5.65. The van der Waals surface area contributed by atoms with Crippen LogP contribution in [0.4, 0.5) is 17.5 Å². The molecule has 2 atom stereocenters. The number of hydrogen-bond acceptors (Lipinski definition) is 7. The van der Waals surface area contributed by atoms with E-state index in [1.165, 1.54) is 5.69 Å². The molecule has 29 heavy (non-hydrogen) atoms. The van der Waals surface area contributed by atoms with Crippen molar-refractivity contribution in [1.29, 1.82) is 0 Å². The maximum Gasteiger partial charge on any atom is 0.227 e. The van der Waals surface area contributed by atoms with Crippen molar-refractivity contribution in [3.8, 4) is 0 Å². The van der Waals surface area contributed by atoms with E-state index >= 15 is 0 Å². The largest absolute Gasteiger partial charge is 0.368 e. The molecule has 2 fully saturated rings. The molecular weight excluding hydrogens is 408 g/mol. The number of fused-ring (bicyclic) bond motifs is 1. The highest BCUT2D eigenvalue weighted by Gasteiger charge is 2.29. The zero-order chi connectivity index (χ0) is 19.8. The molecule has 0 radical (unpaired) electrons. The quantitative estimate of drug-likeness (QED) is 0.764. The summed E-state index contributed by atoms with van der Waals surface area (Å²) >= 11 is 6.01. The van der Waals surface area contributed by atoms with Crippen LogP contribution in [-0.2, 0) is 17.2 Å². The topological polar surface area (TPSA) is 73.4 Å². The predicted molar refractivity (Wildman–Crippen MR) is 118 cm³/mol. The number of aromatic nitrogens is 2. The van der Waals surface area contributed by atoms with E-state index in [2.05, 4.69) is 32.6 Å². The average Bonchev–Trinajstić information content (AvgIpc) is 3.39. The van der Waals surface area contributed by atoms with Gasteiger partial charge in [0, 0.05) is 61.6 Å². The summed E-state index contributed by atoms with van der Waals surface area (Å²) in [5.74, 6) is 2.18. The lowest BCUT2D eigenvalue weighted by Crippen LogP contribution is -2.47. The standard InChI is InChI=1S/C20H25ClN6OS/c21-14-1-3-16(4-2-14)26-8-10-27(11-9-26)20-24-17-6-12-29(28)18(17)19(25-20)23-15-5-7-22-13-15/h1-4,15,22H,5-13H2,(H,23,24,25).